The third-order valence-corrected chi connectivity index (χ3v) is 3.89. The van der Waals surface area contributed by atoms with Gasteiger partial charge in [0.05, 0.1) is 10.7 Å². The molecule has 0 bridgehead atoms. The summed E-state index contributed by atoms with van der Waals surface area (Å²) in [6.07, 6.45) is 4.18. The minimum absolute atomic E-state index is 0.204. The van der Waals surface area contributed by atoms with Crippen LogP contribution in [0.5, 0.6) is 0 Å². The van der Waals surface area contributed by atoms with Crippen LogP contribution < -0.4 is 0 Å². The number of pyridine rings is 1. The predicted octanol–water partition coefficient (Wildman–Crippen LogP) is 2.76. The van der Waals surface area contributed by atoms with Crippen LogP contribution in [0.25, 0.3) is 0 Å². The molecule has 0 radical (unpaired) electrons. The fourth-order valence-electron chi connectivity index (χ4n) is 2.35. The maximum Gasteiger partial charge on any atom is 0.223 e. The summed E-state index contributed by atoms with van der Waals surface area (Å²) in [5.74, 6) is 1.19. The molecule has 1 fully saturated rings. The Balaban J connectivity index is 1.95. The van der Waals surface area contributed by atoms with Crippen LogP contribution in [0.2, 0.25) is 5.02 Å². The van der Waals surface area contributed by atoms with Gasteiger partial charge in [0.2, 0.25) is 5.91 Å². The van der Waals surface area contributed by atoms with E-state index in [9.17, 15) is 4.79 Å². The summed E-state index contributed by atoms with van der Waals surface area (Å²) in [4.78, 5) is 18.0. The molecule has 1 aromatic heterocycles. The van der Waals surface area contributed by atoms with Crippen molar-refractivity contribution in [3.05, 3.63) is 29.0 Å². The van der Waals surface area contributed by atoms with E-state index in [2.05, 4.69) is 17.6 Å². The van der Waals surface area contributed by atoms with E-state index in [1.54, 1.807) is 6.20 Å². The Morgan fingerprint density at radius 2 is 2.22 bits per heavy atom. The van der Waals surface area contributed by atoms with E-state index in [-0.39, 0.29) is 5.91 Å². The highest BCUT2D eigenvalue weighted by Crippen LogP contribution is 2.31. The molecule has 2 heterocycles. The number of piperidine rings is 1. The number of thiol groups is 1. The van der Waals surface area contributed by atoms with Gasteiger partial charge < -0.3 is 4.90 Å². The molecule has 3 nitrogen and oxygen atoms in total. The van der Waals surface area contributed by atoms with Gasteiger partial charge in [-0.05, 0) is 30.7 Å². The molecule has 2 rings (SSSR count). The third kappa shape index (κ3) is 3.18. The number of hydrogen-bond acceptors (Lipinski definition) is 3. The van der Waals surface area contributed by atoms with Gasteiger partial charge in [-0.15, -0.1) is 0 Å². The first-order valence-corrected chi connectivity index (χ1v) is 7.22. The summed E-state index contributed by atoms with van der Waals surface area (Å²) >= 11 is 10.2. The van der Waals surface area contributed by atoms with Gasteiger partial charge in [0.15, 0.2) is 0 Å². The summed E-state index contributed by atoms with van der Waals surface area (Å²) in [7, 11) is 0. The largest absolute Gasteiger partial charge is 0.343 e. The number of nitrogens with zero attached hydrogens (tertiary/aromatic N) is 2. The van der Waals surface area contributed by atoms with Gasteiger partial charge in [0.25, 0.3) is 0 Å². The quantitative estimate of drug-likeness (QED) is 0.866. The van der Waals surface area contributed by atoms with E-state index in [0.717, 1.165) is 36.6 Å². The molecule has 1 saturated heterocycles. The molecule has 5 heteroatoms. The van der Waals surface area contributed by atoms with Crippen LogP contribution in [0.1, 0.15) is 30.9 Å². The van der Waals surface area contributed by atoms with Crippen molar-refractivity contribution in [2.24, 2.45) is 0 Å². The van der Waals surface area contributed by atoms with E-state index in [1.807, 2.05) is 17.0 Å². The lowest BCUT2D eigenvalue weighted by Crippen LogP contribution is -2.38. The van der Waals surface area contributed by atoms with Crippen LogP contribution in [0.4, 0.5) is 0 Å². The number of halogens is 1. The Bertz CT molecular complexity index is 419. The first-order valence-electron chi connectivity index (χ1n) is 6.21. The Morgan fingerprint density at radius 3 is 2.83 bits per heavy atom. The minimum atomic E-state index is 0.204. The van der Waals surface area contributed by atoms with Gasteiger partial charge in [0.1, 0.15) is 0 Å². The van der Waals surface area contributed by atoms with Gasteiger partial charge in [-0.1, -0.05) is 11.6 Å². The van der Waals surface area contributed by atoms with Gasteiger partial charge >= 0.3 is 0 Å². The molecule has 0 spiro atoms. The normalized spacial score (nSPS) is 16.9. The molecule has 98 valence electrons. The zero-order valence-corrected chi connectivity index (χ0v) is 11.8. The van der Waals surface area contributed by atoms with E-state index >= 15 is 0 Å². The highest BCUT2D eigenvalue weighted by Gasteiger charge is 2.25. The number of amides is 1. The standard InChI is InChI=1S/C13H17ClN2OS/c14-11-2-1-6-15-13(11)10-3-7-16(8-4-10)12(17)5-9-18/h1-2,6,10,18H,3-5,7-9H2. The summed E-state index contributed by atoms with van der Waals surface area (Å²) in [5, 5.41) is 0.734. The molecular weight excluding hydrogens is 268 g/mol. The molecule has 0 saturated carbocycles. The minimum Gasteiger partial charge on any atom is -0.343 e. The molecule has 0 aromatic carbocycles. The number of hydrogen-bond donors (Lipinski definition) is 1. The van der Waals surface area contributed by atoms with Gasteiger partial charge in [-0.25, -0.2) is 0 Å². The first-order chi connectivity index (χ1) is 8.72. The van der Waals surface area contributed by atoms with Crippen LogP contribution >= 0.6 is 24.2 Å². The van der Waals surface area contributed by atoms with Crippen molar-refractivity contribution in [3.8, 4) is 0 Å². The van der Waals surface area contributed by atoms with Crippen LogP contribution in [0.15, 0.2) is 18.3 Å². The van der Waals surface area contributed by atoms with Gasteiger partial charge in [0, 0.05) is 31.6 Å². The summed E-state index contributed by atoms with van der Waals surface area (Å²) < 4.78 is 0. The maximum absolute atomic E-state index is 11.7. The molecule has 1 aliphatic rings. The van der Waals surface area contributed by atoms with Crippen LogP contribution in [-0.4, -0.2) is 34.6 Å². The van der Waals surface area contributed by atoms with E-state index in [1.165, 1.54) is 0 Å². The molecule has 1 aromatic rings. The smallest absolute Gasteiger partial charge is 0.223 e. The van der Waals surface area contributed by atoms with Crippen LogP contribution in [-0.2, 0) is 4.79 Å². The topological polar surface area (TPSA) is 33.2 Å². The molecule has 0 unspecified atom stereocenters. The van der Waals surface area contributed by atoms with Gasteiger partial charge in [-0.3, -0.25) is 9.78 Å². The zero-order chi connectivity index (χ0) is 13.0. The average Bonchev–Trinajstić information content (AvgIpc) is 2.40. The lowest BCUT2D eigenvalue weighted by Gasteiger charge is -2.32. The fraction of sp³-hybridized carbons (Fsp3) is 0.538. The molecule has 1 aliphatic heterocycles. The van der Waals surface area contributed by atoms with E-state index in [4.69, 9.17) is 11.6 Å². The van der Waals surface area contributed by atoms with Crippen LogP contribution in [0, 0.1) is 0 Å². The van der Waals surface area contributed by atoms with Crippen molar-refractivity contribution in [3.63, 3.8) is 0 Å². The summed E-state index contributed by atoms with van der Waals surface area (Å²) in [5.41, 5.74) is 0.973. The summed E-state index contributed by atoms with van der Waals surface area (Å²) in [6.45, 7) is 1.59. The summed E-state index contributed by atoms with van der Waals surface area (Å²) in [6, 6.07) is 3.72. The molecule has 0 N–H and O–H groups in total. The third-order valence-electron chi connectivity index (χ3n) is 3.35. The number of rotatable bonds is 3. The monoisotopic (exact) mass is 284 g/mol. The SMILES string of the molecule is O=C(CCS)N1CCC(c2ncccc2Cl)CC1. The Labute approximate surface area is 118 Å². The predicted molar refractivity (Wildman–Crippen MR) is 76.3 cm³/mol. The zero-order valence-electron chi connectivity index (χ0n) is 10.2. The van der Waals surface area contributed by atoms with E-state index in [0.29, 0.717) is 18.1 Å². The number of carbonyl (C=O) groups is 1. The highest BCUT2D eigenvalue weighted by atomic mass is 35.5. The van der Waals surface area contributed by atoms with Crippen molar-refractivity contribution >= 4 is 30.1 Å². The Hall–Kier alpha value is -0.740. The molecular formula is C13H17ClN2OS. The maximum atomic E-state index is 11.7. The van der Waals surface area contributed by atoms with Crippen molar-refractivity contribution in [2.45, 2.75) is 25.2 Å². The lowest BCUT2D eigenvalue weighted by atomic mass is 9.93. The van der Waals surface area contributed by atoms with Crippen LogP contribution in [0.3, 0.4) is 0 Å². The molecule has 18 heavy (non-hydrogen) atoms. The van der Waals surface area contributed by atoms with Crippen molar-refractivity contribution in [2.75, 3.05) is 18.8 Å². The highest BCUT2D eigenvalue weighted by molar-refractivity contribution is 7.80. The van der Waals surface area contributed by atoms with Crippen molar-refractivity contribution < 1.29 is 4.79 Å². The molecule has 0 aliphatic carbocycles. The van der Waals surface area contributed by atoms with Crippen molar-refractivity contribution in [1.29, 1.82) is 0 Å². The first kappa shape index (κ1) is 13.7. The average molecular weight is 285 g/mol. The number of likely N-dealkylation sites (tertiary alicyclic amines) is 1. The number of aromatic nitrogens is 1. The second kappa shape index (κ2) is 6.43. The Morgan fingerprint density at radius 1 is 1.50 bits per heavy atom. The Kier molecular flexibility index (Phi) is 4.89. The second-order valence-electron chi connectivity index (χ2n) is 4.50. The van der Waals surface area contributed by atoms with E-state index < -0.39 is 0 Å². The molecule has 0 atom stereocenters. The fourth-order valence-corrected chi connectivity index (χ4v) is 2.82. The molecule has 1 amide bonds. The number of carbonyl (C=O) groups excluding carboxylic acids is 1. The van der Waals surface area contributed by atoms with Crippen molar-refractivity contribution in [1.82, 2.24) is 9.88 Å². The second-order valence-corrected chi connectivity index (χ2v) is 5.35. The lowest BCUT2D eigenvalue weighted by molar-refractivity contribution is -0.131. The van der Waals surface area contributed by atoms with Gasteiger partial charge in [-0.2, -0.15) is 12.6 Å².